The van der Waals surface area contributed by atoms with Crippen LogP contribution in [0.2, 0.25) is 0 Å². The zero-order chi connectivity index (χ0) is 15.4. The quantitative estimate of drug-likeness (QED) is 0.813. The van der Waals surface area contributed by atoms with Crippen molar-refractivity contribution in [1.82, 2.24) is 0 Å². The van der Waals surface area contributed by atoms with E-state index in [1.54, 1.807) is 24.3 Å². The second kappa shape index (κ2) is 6.62. The summed E-state index contributed by atoms with van der Waals surface area (Å²) in [5.74, 6) is -4.58. The average Bonchev–Trinajstić information content (AvgIpc) is 2.42. The van der Waals surface area contributed by atoms with E-state index in [4.69, 9.17) is 0 Å². The molecule has 21 heavy (non-hydrogen) atoms. The van der Waals surface area contributed by atoms with Gasteiger partial charge in [-0.3, -0.25) is 4.79 Å². The van der Waals surface area contributed by atoms with Crippen LogP contribution >= 0.6 is 15.9 Å². The summed E-state index contributed by atoms with van der Waals surface area (Å²) >= 11 is 3.26. The van der Waals surface area contributed by atoms with Crippen molar-refractivity contribution in [2.45, 2.75) is 0 Å². The van der Waals surface area contributed by atoms with Gasteiger partial charge in [-0.05, 0) is 18.2 Å². The Morgan fingerprint density at radius 3 is 2.33 bits per heavy atom. The van der Waals surface area contributed by atoms with Gasteiger partial charge in [0.25, 0.3) is 0 Å². The molecule has 2 aromatic carbocycles. The molecule has 0 spiro atoms. The van der Waals surface area contributed by atoms with Gasteiger partial charge >= 0.3 is 0 Å². The molecule has 3 nitrogen and oxygen atoms in total. The number of benzene rings is 2. The topological polar surface area (TPSA) is 41.1 Å². The van der Waals surface area contributed by atoms with Crippen LogP contribution in [0.3, 0.4) is 0 Å². The van der Waals surface area contributed by atoms with Crippen molar-refractivity contribution < 1.29 is 18.0 Å². The lowest BCUT2D eigenvalue weighted by molar-refractivity contribution is -0.114. The molecule has 1 amide bonds. The van der Waals surface area contributed by atoms with E-state index < -0.39 is 23.4 Å². The number of rotatable bonds is 4. The first-order valence-corrected chi connectivity index (χ1v) is 6.69. The van der Waals surface area contributed by atoms with Gasteiger partial charge in [0.05, 0.1) is 6.54 Å². The largest absolute Gasteiger partial charge is 0.376 e. The third-order valence-electron chi connectivity index (χ3n) is 2.55. The minimum atomic E-state index is -1.54. The molecule has 110 valence electrons. The first-order valence-electron chi connectivity index (χ1n) is 5.89. The van der Waals surface area contributed by atoms with Crippen LogP contribution < -0.4 is 10.6 Å². The third-order valence-corrected chi connectivity index (χ3v) is 3.04. The minimum absolute atomic E-state index is 0.0178. The first kappa shape index (κ1) is 15.4. The van der Waals surface area contributed by atoms with Crippen molar-refractivity contribution in [3.8, 4) is 0 Å². The molecule has 2 rings (SSSR count). The number of anilines is 2. The van der Waals surface area contributed by atoms with E-state index in [-0.39, 0.29) is 12.2 Å². The van der Waals surface area contributed by atoms with Gasteiger partial charge in [0.15, 0.2) is 17.5 Å². The molecule has 0 aromatic heterocycles. The van der Waals surface area contributed by atoms with Gasteiger partial charge in [-0.15, -0.1) is 0 Å². The monoisotopic (exact) mass is 358 g/mol. The Balaban J connectivity index is 1.95. The molecule has 0 fully saturated rings. The second-order valence-corrected chi connectivity index (χ2v) is 5.08. The van der Waals surface area contributed by atoms with Crippen LogP contribution in [0.5, 0.6) is 0 Å². The summed E-state index contributed by atoms with van der Waals surface area (Å²) in [5, 5.41) is 5.12. The Hall–Kier alpha value is -2.02. The van der Waals surface area contributed by atoms with Crippen LogP contribution in [0.25, 0.3) is 0 Å². The highest BCUT2D eigenvalue weighted by molar-refractivity contribution is 9.10. The van der Waals surface area contributed by atoms with E-state index in [9.17, 15) is 18.0 Å². The smallest absolute Gasteiger partial charge is 0.243 e. The normalized spacial score (nSPS) is 10.3. The maximum atomic E-state index is 13.0. The predicted octanol–water partition coefficient (Wildman–Crippen LogP) is 3.92. The van der Waals surface area contributed by atoms with Crippen LogP contribution in [0.15, 0.2) is 40.9 Å². The standard InChI is InChI=1S/C14H10BrF3N2O/c15-8-2-1-3-9(4-8)20-13(21)7-19-10-5-11(16)14(18)12(17)6-10/h1-6,19H,7H2,(H,20,21). The second-order valence-electron chi connectivity index (χ2n) is 4.17. The van der Waals surface area contributed by atoms with Crippen molar-refractivity contribution in [3.05, 3.63) is 58.3 Å². The molecule has 0 saturated carbocycles. The number of carbonyl (C=O) groups is 1. The van der Waals surface area contributed by atoms with Crippen molar-refractivity contribution in [1.29, 1.82) is 0 Å². The molecule has 0 aliphatic rings. The maximum Gasteiger partial charge on any atom is 0.243 e. The summed E-state index contributed by atoms with van der Waals surface area (Å²) in [6, 6.07) is 8.51. The van der Waals surface area contributed by atoms with E-state index in [0.29, 0.717) is 5.69 Å². The number of halogens is 4. The van der Waals surface area contributed by atoms with Gasteiger partial charge in [0.1, 0.15) is 0 Å². The molecule has 0 radical (unpaired) electrons. The minimum Gasteiger partial charge on any atom is -0.376 e. The highest BCUT2D eigenvalue weighted by Gasteiger charge is 2.11. The molecule has 2 aromatic rings. The molecule has 0 unspecified atom stereocenters. The number of hydrogen-bond acceptors (Lipinski definition) is 2. The zero-order valence-corrected chi connectivity index (χ0v) is 12.2. The van der Waals surface area contributed by atoms with Crippen LogP contribution in [0.1, 0.15) is 0 Å². The van der Waals surface area contributed by atoms with E-state index >= 15 is 0 Å². The van der Waals surface area contributed by atoms with Gasteiger partial charge < -0.3 is 10.6 Å². The molecule has 0 heterocycles. The van der Waals surface area contributed by atoms with Crippen LogP contribution in [0, 0.1) is 17.5 Å². The SMILES string of the molecule is O=C(CNc1cc(F)c(F)c(F)c1)Nc1cccc(Br)c1. The van der Waals surface area contributed by atoms with E-state index in [1.807, 2.05) is 0 Å². The lowest BCUT2D eigenvalue weighted by Gasteiger charge is -2.08. The van der Waals surface area contributed by atoms with E-state index in [1.165, 1.54) is 0 Å². The van der Waals surface area contributed by atoms with Crippen LogP contribution in [0.4, 0.5) is 24.5 Å². The van der Waals surface area contributed by atoms with Crippen molar-refractivity contribution >= 4 is 33.2 Å². The molecule has 0 aliphatic heterocycles. The maximum absolute atomic E-state index is 13.0. The average molecular weight is 359 g/mol. The summed E-state index contributed by atoms with van der Waals surface area (Å²) in [5.41, 5.74) is 0.559. The third kappa shape index (κ3) is 4.22. The fraction of sp³-hybridized carbons (Fsp3) is 0.0714. The van der Waals surface area contributed by atoms with Crippen LogP contribution in [-0.4, -0.2) is 12.5 Å². The summed E-state index contributed by atoms with van der Waals surface area (Å²) < 4.78 is 39.6. The van der Waals surface area contributed by atoms with Gasteiger partial charge in [-0.25, -0.2) is 13.2 Å². The summed E-state index contributed by atoms with van der Waals surface area (Å²) in [6.07, 6.45) is 0. The number of amides is 1. The zero-order valence-electron chi connectivity index (χ0n) is 10.6. The fourth-order valence-electron chi connectivity index (χ4n) is 1.61. The molecule has 0 atom stereocenters. The van der Waals surface area contributed by atoms with Crippen LogP contribution in [-0.2, 0) is 4.79 Å². The van der Waals surface area contributed by atoms with Gasteiger partial charge in [0, 0.05) is 28.0 Å². The molecule has 7 heteroatoms. The summed E-state index contributed by atoms with van der Waals surface area (Å²) in [4.78, 5) is 11.7. The highest BCUT2D eigenvalue weighted by Crippen LogP contribution is 2.18. The highest BCUT2D eigenvalue weighted by atomic mass is 79.9. The number of carbonyl (C=O) groups excluding carboxylic acids is 1. The van der Waals surface area contributed by atoms with E-state index in [0.717, 1.165) is 16.6 Å². The molecule has 0 aliphatic carbocycles. The Bertz CT molecular complexity index is 656. The Kier molecular flexibility index (Phi) is 4.85. The van der Waals surface area contributed by atoms with Gasteiger partial charge in [0.2, 0.25) is 5.91 Å². The molecule has 2 N–H and O–H groups in total. The molecular weight excluding hydrogens is 349 g/mol. The van der Waals surface area contributed by atoms with Gasteiger partial charge in [-0.1, -0.05) is 22.0 Å². The van der Waals surface area contributed by atoms with Crippen molar-refractivity contribution in [2.75, 3.05) is 17.2 Å². The summed E-state index contributed by atoms with van der Waals surface area (Å²) in [6.45, 7) is -0.211. The predicted molar refractivity (Wildman–Crippen MR) is 77.6 cm³/mol. The Morgan fingerprint density at radius 1 is 1.05 bits per heavy atom. The Morgan fingerprint density at radius 2 is 1.71 bits per heavy atom. The number of nitrogens with one attached hydrogen (secondary N) is 2. The molecule has 0 saturated heterocycles. The lowest BCUT2D eigenvalue weighted by Crippen LogP contribution is -2.21. The Labute approximate surface area is 127 Å². The van der Waals surface area contributed by atoms with Crippen molar-refractivity contribution in [2.24, 2.45) is 0 Å². The van der Waals surface area contributed by atoms with Crippen molar-refractivity contribution in [3.63, 3.8) is 0 Å². The molecule has 0 bridgehead atoms. The first-order chi connectivity index (χ1) is 9.95. The summed E-state index contributed by atoms with van der Waals surface area (Å²) in [7, 11) is 0. The van der Waals surface area contributed by atoms with E-state index in [2.05, 4.69) is 26.6 Å². The van der Waals surface area contributed by atoms with Gasteiger partial charge in [-0.2, -0.15) is 0 Å². The molecular formula is C14H10BrF3N2O. The number of hydrogen-bond donors (Lipinski definition) is 2. The lowest BCUT2D eigenvalue weighted by atomic mass is 10.3. The fourth-order valence-corrected chi connectivity index (χ4v) is 2.01.